The van der Waals surface area contributed by atoms with Crippen LogP contribution in [0, 0.1) is 0 Å². The second-order valence-corrected chi connectivity index (χ2v) is 4.16. The molecular formula is C11H14O2S. The predicted molar refractivity (Wildman–Crippen MR) is 59.9 cm³/mol. The molecule has 0 atom stereocenters. The van der Waals surface area contributed by atoms with Crippen LogP contribution < -0.4 is 0 Å². The van der Waals surface area contributed by atoms with Crippen LogP contribution in [0.1, 0.15) is 29.3 Å². The molecule has 0 aromatic heterocycles. The Kier molecular flexibility index (Phi) is 4.53. The van der Waals surface area contributed by atoms with Crippen LogP contribution in [0.4, 0.5) is 0 Å². The molecule has 1 N–H and O–H groups in total. The number of thioether (sulfide) groups is 1. The van der Waals surface area contributed by atoms with Gasteiger partial charge in [-0.05, 0) is 29.9 Å². The Morgan fingerprint density at radius 1 is 1.50 bits per heavy atom. The molecule has 3 heteroatoms. The molecule has 0 saturated heterocycles. The molecular weight excluding hydrogens is 196 g/mol. The third-order valence-corrected chi connectivity index (χ3v) is 3.03. The van der Waals surface area contributed by atoms with Gasteiger partial charge >= 0.3 is 5.97 Å². The Morgan fingerprint density at radius 2 is 2.29 bits per heavy atom. The van der Waals surface area contributed by atoms with E-state index in [0.717, 1.165) is 23.5 Å². The molecule has 0 aliphatic rings. The standard InChI is InChI=1S/C11H14O2S/c1-2-6-14-8-9-4-3-5-10(7-9)11(12)13/h3-5,7H,2,6,8H2,1H3,(H,12,13). The molecule has 0 aliphatic carbocycles. The van der Waals surface area contributed by atoms with E-state index < -0.39 is 5.97 Å². The number of carboxylic acid groups (broad SMARTS) is 1. The SMILES string of the molecule is CCCSCc1cccc(C(=O)O)c1. The lowest BCUT2D eigenvalue weighted by Crippen LogP contribution is -1.96. The highest BCUT2D eigenvalue weighted by atomic mass is 32.2. The Hall–Kier alpha value is -0.960. The van der Waals surface area contributed by atoms with Gasteiger partial charge in [-0.25, -0.2) is 4.79 Å². The lowest BCUT2D eigenvalue weighted by Gasteiger charge is -2.01. The molecule has 0 heterocycles. The van der Waals surface area contributed by atoms with E-state index >= 15 is 0 Å². The van der Waals surface area contributed by atoms with Gasteiger partial charge in [-0.1, -0.05) is 19.1 Å². The van der Waals surface area contributed by atoms with Crippen LogP contribution >= 0.6 is 11.8 Å². The van der Waals surface area contributed by atoms with Crippen molar-refractivity contribution >= 4 is 17.7 Å². The first kappa shape index (κ1) is 11.1. The summed E-state index contributed by atoms with van der Waals surface area (Å²) in [5, 5.41) is 8.77. The van der Waals surface area contributed by atoms with Crippen LogP contribution in [-0.4, -0.2) is 16.8 Å². The fraction of sp³-hybridized carbons (Fsp3) is 0.364. The molecule has 1 aromatic carbocycles. The summed E-state index contributed by atoms with van der Waals surface area (Å²) in [7, 11) is 0. The van der Waals surface area contributed by atoms with Gasteiger partial charge in [0.25, 0.3) is 0 Å². The maximum Gasteiger partial charge on any atom is 0.335 e. The molecule has 0 spiro atoms. The van der Waals surface area contributed by atoms with E-state index in [-0.39, 0.29) is 0 Å². The van der Waals surface area contributed by atoms with Crippen molar-refractivity contribution in [2.24, 2.45) is 0 Å². The van der Waals surface area contributed by atoms with Gasteiger partial charge in [0.15, 0.2) is 0 Å². The van der Waals surface area contributed by atoms with Crippen LogP contribution in [0.2, 0.25) is 0 Å². The van der Waals surface area contributed by atoms with Crippen LogP contribution in [0.3, 0.4) is 0 Å². The molecule has 1 rings (SSSR count). The van der Waals surface area contributed by atoms with Crippen molar-refractivity contribution in [3.8, 4) is 0 Å². The van der Waals surface area contributed by atoms with E-state index in [1.54, 1.807) is 18.2 Å². The first-order valence-corrected chi connectivity index (χ1v) is 5.79. The van der Waals surface area contributed by atoms with Crippen molar-refractivity contribution in [1.29, 1.82) is 0 Å². The minimum Gasteiger partial charge on any atom is -0.478 e. The maximum absolute atomic E-state index is 10.7. The first-order chi connectivity index (χ1) is 6.74. The highest BCUT2D eigenvalue weighted by molar-refractivity contribution is 7.98. The molecule has 0 radical (unpaired) electrons. The van der Waals surface area contributed by atoms with Gasteiger partial charge in [0, 0.05) is 5.75 Å². The highest BCUT2D eigenvalue weighted by Gasteiger charge is 2.02. The van der Waals surface area contributed by atoms with Crippen molar-refractivity contribution < 1.29 is 9.90 Å². The van der Waals surface area contributed by atoms with Crippen molar-refractivity contribution in [3.05, 3.63) is 35.4 Å². The molecule has 2 nitrogen and oxygen atoms in total. The third-order valence-electron chi connectivity index (χ3n) is 1.79. The van der Waals surface area contributed by atoms with E-state index in [1.807, 2.05) is 17.8 Å². The van der Waals surface area contributed by atoms with Gasteiger partial charge in [0.05, 0.1) is 5.56 Å². The Balaban J connectivity index is 2.59. The molecule has 0 fully saturated rings. The van der Waals surface area contributed by atoms with Crippen molar-refractivity contribution in [2.45, 2.75) is 19.1 Å². The summed E-state index contributed by atoms with van der Waals surface area (Å²) in [5.41, 5.74) is 1.46. The topological polar surface area (TPSA) is 37.3 Å². The molecule has 0 unspecified atom stereocenters. The number of aromatic carboxylic acids is 1. The number of hydrogen-bond acceptors (Lipinski definition) is 2. The summed E-state index contributed by atoms with van der Waals surface area (Å²) in [6.07, 6.45) is 1.16. The second kappa shape index (κ2) is 5.70. The zero-order chi connectivity index (χ0) is 10.4. The van der Waals surface area contributed by atoms with Crippen molar-refractivity contribution in [2.75, 3.05) is 5.75 Å². The van der Waals surface area contributed by atoms with Gasteiger partial charge in [-0.15, -0.1) is 0 Å². The van der Waals surface area contributed by atoms with Crippen LogP contribution in [-0.2, 0) is 5.75 Å². The van der Waals surface area contributed by atoms with Crippen molar-refractivity contribution in [3.63, 3.8) is 0 Å². The molecule has 1 aromatic rings. The van der Waals surface area contributed by atoms with E-state index in [1.165, 1.54) is 0 Å². The molecule has 14 heavy (non-hydrogen) atoms. The summed E-state index contributed by atoms with van der Waals surface area (Å²) in [6.45, 7) is 2.14. The van der Waals surface area contributed by atoms with Crippen molar-refractivity contribution in [1.82, 2.24) is 0 Å². The van der Waals surface area contributed by atoms with E-state index in [4.69, 9.17) is 5.11 Å². The van der Waals surface area contributed by atoms with Crippen LogP contribution in [0.15, 0.2) is 24.3 Å². The predicted octanol–water partition coefficient (Wildman–Crippen LogP) is 3.03. The summed E-state index contributed by atoms with van der Waals surface area (Å²) in [4.78, 5) is 10.7. The second-order valence-electron chi connectivity index (χ2n) is 3.06. The summed E-state index contributed by atoms with van der Waals surface area (Å²) in [6, 6.07) is 7.13. The minimum atomic E-state index is -0.854. The Bertz CT molecular complexity index is 310. The minimum absolute atomic E-state index is 0.375. The lowest BCUT2D eigenvalue weighted by atomic mass is 10.1. The third kappa shape index (κ3) is 3.42. The smallest absolute Gasteiger partial charge is 0.335 e. The summed E-state index contributed by atoms with van der Waals surface area (Å²) < 4.78 is 0. The van der Waals surface area contributed by atoms with Crippen LogP contribution in [0.25, 0.3) is 0 Å². The number of benzene rings is 1. The number of carboxylic acids is 1. The number of rotatable bonds is 5. The summed E-state index contributed by atoms with van der Waals surface area (Å²) >= 11 is 1.83. The molecule has 0 amide bonds. The van der Waals surface area contributed by atoms with Gasteiger partial charge in [-0.3, -0.25) is 0 Å². The molecule has 0 saturated carbocycles. The molecule has 0 aliphatic heterocycles. The number of carbonyl (C=O) groups is 1. The first-order valence-electron chi connectivity index (χ1n) is 4.64. The quantitative estimate of drug-likeness (QED) is 0.759. The monoisotopic (exact) mass is 210 g/mol. The van der Waals surface area contributed by atoms with E-state index in [9.17, 15) is 4.79 Å². The summed E-state index contributed by atoms with van der Waals surface area (Å²) in [5.74, 6) is 1.17. The maximum atomic E-state index is 10.7. The average molecular weight is 210 g/mol. The number of hydrogen-bond donors (Lipinski definition) is 1. The van der Waals surface area contributed by atoms with Gasteiger partial charge in [0.1, 0.15) is 0 Å². The zero-order valence-corrected chi connectivity index (χ0v) is 9.01. The molecule has 76 valence electrons. The zero-order valence-electron chi connectivity index (χ0n) is 8.19. The highest BCUT2D eigenvalue weighted by Crippen LogP contribution is 2.14. The van der Waals surface area contributed by atoms with E-state index in [2.05, 4.69) is 6.92 Å². The van der Waals surface area contributed by atoms with Crippen LogP contribution in [0.5, 0.6) is 0 Å². The average Bonchev–Trinajstić information content (AvgIpc) is 2.19. The molecule has 0 bridgehead atoms. The largest absolute Gasteiger partial charge is 0.478 e. The fourth-order valence-electron chi connectivity index (χ4n) is 1.13. The lowest BCUT2D eigenvalue weighted by molar-refractivity contribution is 0.0697. The van der Waals surface area contributed by atoms with Gasteiger partial charge in [0.2, 0.25) is 0 Å². The van der Waals surface area contributed by atoms with Gasteiger partial charge in [-0.2, -0.15) is 11.8 Å². The normalized spacial score (nSPS) is 10.1. The van der Waals surface area contributed by atoms with E-state index in [0.29, 0.717) is 5.56 Å². The van der Waals surface area contributed by atoms with Gasteiger partial charge < -0.3 is 5.11 Å². The Morgan fingerprint density at radius 3 is 2.93 bits per heavy atom. The Labute approximate surface area is 88.3 Å². The fourth-order valence-corrected chi connectivity index (χ4v) is 1.98.